The van der Waals surface area contributed by atoms with Gasteiger partial charge >= 0.3 is 5.97 Å². The molecular formula is C16H10FNO5. The van der Waals surface area contributed by atoms with Crippen LogP contribution in [0.25, 0.3) is 11.1 Å². The van der Waals surface area contributed by atoms with E-state index in [4.69, 9.17) is 5.11 Å². The van der Waals surface area contributed by atoms with Crippen LogP contribution in [0.15, 0.2) is 54.6 Å². The highest BCUT2D eigenvalue weighted by molar-refractivity contribution is 6.07. The Morgan fingerprint density at radius 3 is 2.26 bits per heavy atom. The fraction of sp³-hybridized carbons (Fsp3) is 0. The van der Waals surface area contributed by atoms with Gasteiger partial charge in [-0.25, -0.2) is 9.18 Å². The molecule has 2 aromatic carbocycles. The quantitative estimate of drug-likeness (QED) is 0.395. The predicted molar refractivity (Wildman–Crippen MR) is 79.6 cm³/mol. The zero-order valence-corrected chi connectivity index (χ0v) is 11.6. The fourth-order valence-corrected chi connectivity index (χ4v) is 1.91. The maximum absolute atomic E-state index is 13.9. The van der Waals surface area contributed by atoms with Crippen LogP contribution in [0.1, 0.15) is 10.4 Å². The van der Waals surface area contributed by atoms with Crippen molar-refractivity contribution in [1.29, 1.82) is 0 Å². The number of nitrogens with zero attached hydrogens (tertiary/aromatic N) is 1. The molecule has 0 radical (unpaired) electrons. The molecular weight excluding hydrogens is 305 g/mol. The lowest BCUT2D eigenvalue weighted by Crippen LogP contribution is -1.97. The van der Waals surface area contributed by atoms with E-state index in [1.807, 2.05) is 0 Å². The molecule has 1 N–H and O–H groups in total. The first-order chi connectivity index (χ1) is 10.9. The standard InChI is InChI=1S/C16H10FNO5/c17-14-9-12(18(22)23)5-6-13(14)10-1-3-11(4-2-10)15(19)7-8-16(20)21/h1-9H,(H,20,21). The number of hydrogen-bond acceptors (Lipinski definition) is 4. The van der Waals surface area contributed by atoms with Gasteiger partial charge in [0, 0.05) is 23.3 Å². The Bertz CT molecular complexity index is 812. The number of rotatable bonds is 5. The van der Waals surface area contributed by atoms with E-state index in [0.29, 0.717) is 5.56 Å². The molecule has 0 bridgehead atoms. The van der Waals surface area contributed by atoms with E-state index < -0.39 is 22.5 Å². The second kappa shape index (κ2) is 6.61. The Labute approximate surface area is 129 Å². The molecule has 2 aromatic rings. The van der Waals surface area contributed by atoms with E-state index in [1.54, 1.807) is 0 Å². The molecule has 116 valence electrons. The Balaban J connectivity index is 2.28. The molecule has 0 fully saturated rings. The molecule has 0 saturated carbocycles. The molecule has 6 nitrogen and oxygen atoms in total. The summed E-state index contributed by atoms with van der Waals surface area (Å²) in [7, 11) is 0. The minimum Gasteiger partial charge on any atom is -0.478 e. The molecule has 2 rings (SSSR count). The van der Waals surface area contributed by atoms with Gasteiger partial charge in [0.1, 0.15) is 5.82 Å². The van der Waals surface area contributed by atoms with Crippen molar-refractivity contribution in [3.05, 3.63) is 76.1 Å². The van der Waals surface area contributed by atoms with Crippen LogP contribution in [0.4, 0.5) is 10.1 Å². The average molecular weight is 315 g/mol. The van der Waals surface area contributed by atoms with Crippen molar-refractivity contribution < 1.29 is 24.0 Å². The highest BCUT2D eigenvalue weighted by Crippen LogP contribution is 2.26. The molecule has 0 spiro atoms. The van der Waals surface area contributed by atoms with Gasteiger partial charge in [-0.15, -0.1) is 0 Å². The lowest BCUT2D eigenvalue weighted by atomic mass is 10.0. The van der Waals surface area contributed by atoms with E-state index in [1.165, 1.54) is 36.4 Å². The summed E-state index contributed by atoms with van der Waals surface area (Å²) < 4.78 is 13.9. The summed E-state index contributed by atoms with van der Waals surface area (Å²) in [6.45, 7) is 0. The van der Waals surface area contributed by atoms with E-state index >= 15 is 0 Å². The average Bonchev–Trinajstić information content (AvgIpc) is 2.52. The minimum atomic E-state index is -1.23. The van der Waals surface area contributed by atoms with E-state index in [2.05, 4.69) is 0 Å². The number of ketones is 1. The summed E-state index contributed by atoms with van der Waals surface area (Å²) in [5.74, 6) is -2.48. The van der Waals surface area contributed by atoms with Crippen molar-refractivity contribution in [3.8, 4) is 11.1 Å². The van der Waals surface area contributed by atoms with Crippen molar-refractivity contribution in [2.75, 3.05) is 0 Å². The summed E-state index contributed by atoms with van der Waals surface area (Å²) in [6, 6.07) is 9.10. The molecule has 0 aromatic heterocycles. The summed E-state index contributed by atoms with van der Waals surface area (Å²) in [4.78, 5) is 31.9. The second-order valence-corrected chi connectivity index (χ2v) is 4.53. The second-order valence-electron chi connectivity index (χ2n) is 4.53. The smallest absolute Gasteiger partial charge is 0.328 e. The highest BCUT2D eigenvalue weighted by atomic mass is 19.1. The predicted octanol–water partition coefficient (Wildman–Crippen LogP) is 3.22. The first-order valence-corrected chi connectivity index (χ1v) is 6.38. The van der Waals surface area contributed by atoms with Crippen molar-refractivity contribution >= 4 is 17.4 Å². The fourth-order valence-electron chi connectivity index (χ4n) is 1.91. The van der Waals surface area contributed by atoms with Crippen LogP contribution < -0.4 is 0 Å². The molecule has 0 unspecified atom stereocenters. The Kier molecular flexibility index (Phi) is 4.61. The van der Waals surface area contributed by atoms with Crippen molar-refractivity contribution in [2.24, 2.45) is 0 Å². The van der Waals surface area contributed by atoms with E-state index in [0.717, 1.165) is 18.2 Å². The third-order valence-corrected chi connectivity index (χ3v) is 3.02. The number of halogens is 1. The number of allylic oxidation sites excluding steroid dienone is 1. The molecule has 0 heterocycles. The third kappa shape index (κ3) is 3.85. The maximum Gasteiger partial charge on any atom is 0.328 e. The summed E-state index contributed by atoms with van der Waals surface area (Å²) in [5, 5.41) is 19.0. The van der Waals surface area contributed by atoms with Gasteiger partial charge in [-0.1, -0.05) is 24.3 Å². The van der Waals surface area contributed by atoms with Crippen molar-refractivity contribution in [1.82, 2.24) is 0 Å². The lowest BCUT2D eigenvalue weighted by Gasteiger charge is -2.04. The van der Waals surface area contributed by atoms with Gasteiger partial charge in [0.25, 0.3) is 5.69 Å². The largest absolute Gasteiger partial charge is 0.478 e. The molecule has 23 heavy (non-hydrogen) atoms. The van der Waals surface area contributed by atoms with Gasteiger partial charge < -0.3 is 5.11 Å². The first kappa shape index (κ1) is 16.0. The Hall–Kier alpha value is -3.35. The summed E-state index contributed by atoms with van der Waals surface area (Å²) in [6.07, 6.45) is 1.65. The molecule has 0 amide bonds. The molecule has 0 saturated heterocycles. The minimum absolute atomic E-state index is 0.163. The van der Waals surface area contributed by atoms with Crippen LogP contribution in [-0.4, -0.2) is 21.8 Å². The number of carbonyl (C=O) groups excluding carboxylic acids is 1. The molecule has 0 aliphatic heterocycles. The number of hydrogen-bond donors (Lipinski definition) is 1. The van der Waals surface area contributed by atoms with Crippen molar-refractivity contribution in [3.63, 3.8) is 0 Å². The van der Waals surface area contributed by atoms with Crippen LogP contribution in [0, 0.1) is 15.9 Å². The van der Waals surface area contributed by atoms with Gasteiger partial charge in [-0.2, -0.15) is 0 Å². The third-order valence-electron chi connectivity index (χ3n) is 3.02. The first-order valence-electron chi connectivity index (χ1n) is 6.38. The van der Waals surface area contributed by atoms with E-state index in [-0.39, 0.29) is 16.8 Å². The van der Waals surface area contributed by atoms with E-state index in [9.17, 15) is 24.1 Å². The molecule has 0 aliphatic carbocycles. The molecule has 0 aliphatic rings. The summed E-state index contributed by atoms with van der Waals surface area (Å²) >= 11 is 0. The van der Waals surface area contributed by atoms with Gasteiger partial charge in [0.2, 0.25) is 0 Å². The number of nitro groups is 1. The van der Waals surface area contributed by atoms with Crippen LogP contribution in [0.3, 0.4) is 0 Å². The normalized spacial score (nSPS) is 10.7. The zero-order valence-electron chi connectivity index (χ0n) is 11.6. The van der Waals surface area contributed by atoms with Crippen LogP contribution >= 0.6 is 0 Å². The number of carbonyl (C=O) groups is 2. The zero-order chi connectivity index (χ0) is 17.0. The summed E-state index contributed by atoms with van der Waals surface area (Å²) in [5.41, 5.74) is 0.497. The van der Waals surface area contributed by atoms with Gasteiger partial charge in [-0.05, 0) is 17.7 Å². The van der Waals surface area contributed by atoms with Gasteiger partial charge in [-0.3, -0.25) is 14.9 Å². The monoisotopic (exact) mass is 315 g/mol. The van der Waals surface area contributed by atoms with Crippen molar-refractivity contribution in [2.45, 2.75) is 0 Å². The number of non-ortho nitro benzene ring substituents is 1. The number of benzene rings is 2. The topological polar surface area (TPSA) is 97.5 Å². The maximum atomic E-state index is 13.9. The van der Waals surface area contributed by atoms with Crippen LogP contribution in [0.2, 0.25) is 0 Å². The number of nitro benzene ring substituents is 1. The SMILES string of the molecule is O=C(O)C=CC(=O)c1ccc(-c2ccc([N+](=O)[O-])cc2F)cc1. The number of carboxylic acids is 1. The van der Waals surface area contributed by atoms with Gasteiger partial charge in [0.05, 0.1) is 11.0 Å². The van der Waals surface area contributed by atoms with Crippen LogP contribution in [-0.2, 0) is 4.79 Å². The Morgan fingerprint density at radius 1 is 1.09 bits per heavy atom. The molecule has 7 heteroatoms. The Morgan fingerprint density at radius 2 is 1.74 bits per heavy atom. The molecule has 0 atom stereocenters. The number of aliphatic carboxylic acids is 1. The highest BCUT2D eigenvalue weighted by Gasteiger charge is 2.12. The lowest BCUT2D eigenvalue weighted by molar-refractivity contribution is -0.385. The van der Waals surface area contributed by atoms with Gasteiger partial charge in [0.15, 0.2) is 5.78 Å². The number of carboxylic acid groups (broad SMARTS) is 1. The van der Waals surface area contributed by atoms with Crippen LogP contribution in [0.5, 0.6) is 0 Å².